The summed E-state index contributed by atoms with van der Waals surface area (Å²) in [5, 5.41) is 10.7. The molecule has 4 nitrogen and oxygen atoms in total. The zero-order valence-corrected chi connectivity index (χ0v) is 17.3. The maximum atomic E-state index is 8.40. The number of aliphatic hydroxyl groups is 1. The third-order valence-corrected chi connectivity index (χ3v) is 3.37. The predicted octanol–water partition coefficient (Wildman–Crippen LogP) is 4.72. The van der Waals surface area contributed by atoms with E-state index in [-0.39, 0.29) is 31.6 Å². The van der Waals surface area contributed by atoms with Gasteiger partial charge >= 0.3 is 5.78 Å². The van der Waals surface area contributed by atoms with Gasteiger partial charge in [0.2, 0.25) is 0 Å². The molecule has 0 amide bonds. The van der Waals surface area contributed by atoms with E-state index in [9.17, 15) is 0 Å². The second kappa shape index (κ2) is 10.5. The third-order valence-electron chi connectivity index (χ3n) is 3.37. The van der Waals surface area contributed by atoms with Gasteiger partial charge in [0.1, 0.15) is 0 Å². The quantitative estimate of drug-likeness (QED) is 0.232. The van der Waals surface area contributed by atoms with Crippen LogP contribution in [0, 0.1) is 6.07 Å². The average molecular weight is 528 g/mol. The third kappa shape index (κ3) is 6.10. The van der Waals surface area contributed by atoms with Gasteiger partial charge in [-0.05, 0) is 29.5 Å². The van der Waals surface area contributed by atoms with E-state index in [1.54, 1.807) is 7.11 Å². The topological polar surface area (TPSA) is 63.8 Å². The van der Waals surface area contributed by atoms with Crippen molar-refractivity contribution in [3.05, 3.63) is 72.6 Å². The Morgan fingerprint density at radius 3 is 2.42 bits per heavy atom. The van der Waals surface area contributed by atoms with Crippen molar-refractivity contribution in [1.29, 1.82) is 0 Å². The first-order chi connectivity index (χ1) is 12.0. The average Bonchev–Trinajstić information content (AvgIpc) is 2.61. The Kier molecular flexibility index (Phi) is 8.69. The largest absolute Gasteiger partial charge is 0.540 e. The Morgan fingerprint density at radius 1 is 1.15 bits per heavy atom. The van der Waals surface area contributed by atoms with Crippen LogP contribution in [-0.4, -0.2) is 27.8 Å². The number of carbonyl (C=O) groups excluding carboxylic acids is 1. The van der Waals surface area contributed by atoms with Crippen molar-refractivity contribution in [2.24, 2.45) is 0 Å². The number of benzene rings is 2. The minimum atomic E-state index is 0. The van der Waals surface area contributed by atoms with Crippen molar-refractivity contribution in [3.63, 3.8) is 0 Å². The summed E-state index contributed by atoms with van der Waals surface area (Å²) in [6.07, 6.45) is 3.11. The van der Waals surface area contributed by atoms with Crippen LogP contribution >= 0.6 is 0 Å². The molecule has 1 radical (unpaired) electrons. The van der Waals surface area contributed by atoms with Crippen LogP contribution in [0.1, 0.15) is 13.8 Å². The molecule has 0 bridgehead atoms. The summed E-state index contributed by atoms with van der Waals surface area (Å²) in [5.74, 6) is 1.05. The number of allylic oxidation sites excluding steroid dienone is 2. The van der Waals surface area contributed by atoms with Crippen LogP contribution in [0.15, 0.2) is 66.6 Å². The van der Waals surface area contributed by atoms with Crippen molar-refractivity contribution >= 4 is 16.6 Å². The molecule has 0 fully saturated rings. The molecule has 0 atom stereocenters. The second-order valence-corrected chi connectivity index (χ2v) is 5.45. The molecule has 26 heavy (non-hydrogen) atoms. The van der Waals surface area contributed by atoms with Gasteiger partial charge in [0.15, 0.2) is 0 Å². The van der Waals surface area contributed by atoms with E-state index < -0.39 is 0 Å². The molecule has 0 spiro atoms. The molecule has 0 aliphatic rings. The van der Waals surface area contributed by atoms with Crippen molar-refractivity contribution in [1.82, 2.24) is 4.98 Å². The normalized spacial score (nSPS) is 10.3. The number of hydrogen-bond donors (Lipinski definition) is 1. The van der Waals surface area contributed by atoms with E-state index in [4.69, 9.17) is 14.6 Å². The summed E-state index contributed by atoms with van der Waals surface area (Å²) in [4.78, 5) is 12.9. The Balaban J connectivity index is 0.000000366. The molecule has 137 valence electrons. The van der Waals surface area contributed by atoms with Gasteiger partial charge in [-0.1, -0.05) is 24.3 Å². The van der Waals surface area contributed by atoms with Crippen LogP contribution < -0.4 is 4.74 Å². The standard InChI is InChI=1S/C16H12NO.C5H8O2.Ir/c1-18-14-8-6-13(7-9-14)16-15-5-3-2-4-12(15)10-11-17-16;1-4(6)3-5(2)7;/h2-6,8-11H,1H3;3,6H,1-2H3;/q-1;;/p+1/b;4-3-;. The number of ketones is 1. The monoisotopic (exact) mass is 528 g/mol. The van der Waals surface area contributed by atoms with Gasteiger partial charge in [-0.15, -0.1) is 29.8 Å². The number of aliphatic hydroxyl groups excluding tert-OH is 1. The van der Waals surface area contributed by atoms with Crippen molar-refractivity contribution < 1.29 is 34.7 Å². The first-order valence-corrected chi connectivity index (χ1v) is 7.81. The van der Waals surface area contributed by atoms with E-state index in [1.807, 2.05) is 42.6 Å². The minimum absolute atomic E-state index is 0. The Morgan fingerprint density at radius 2 is 1.88 bits per heavy atom. The second-order valence-electron chi connectivity index (χ2n) is 5.45. The number of nitrogens with zero attached hydrogens (tertiary/aromatic N) is 1. The molecule has 0 unspecified atom stereocenters. The molecule has 2 N–H and O–H groups in total. The molecule has 0 saturated heterocycles. The van der Waals surface area contributed by atoms with Crippen molar-refractivity contribution in [2.75, 3.05) is 7.11 Å². The maximum Gasteiger partial charge on any atom is 0.316 e. The Bertz CT molecular complexity index is 880. The SMILES string of the molecule is CC(=[OH+])/C=C(/C)O.COc1c[c-]c(-c2nccc3ccccc23)cc1.[Ir]. The van der Waals surface area contributed by atoms with Crippen molar-refractivity contribution in [2.45, 2.75) is 13.8 Å². The first kappa shape index (κ1) is 21.6. The molecule has 3 aromatic rings. The number of rotatable bonds is 3. The molecule has 3 rings (SSSR count). The van der Waals surface area contributed by atoms with Gasteiger partial charge in [-0.2, -0.15) is 0 Å². The smallest absolute Gasteiger partial charge is 0.316 e. The summed E-state index contributed by atoms with van der Waals surface area (Å²) >= 11 is 0. The fraction of sp³-hybridized carbons (Fsp3) is 0.143. The molecule has 1 aromatic heterocycles. The van der Waals surface area contributed by atoms with Crippen LogP contribution in [0.3, 0.4) is 0 Å². The molecule has 1 heterocycles. The van der Waals surface area contributed by atoms with Gasteiger partial charge < -0.3 is 14.8 Å². The van der Waals surface area contributed by atoms with E-state index in [0.717, 1.165) is 22.4 Å². The van der Waals surface area contributed by atoms with Crippen LogP contribution in [0.5, 0.6) is 5.75 Å². The van der Waals surface area contributed by atoms with Crippen LogP contribution in [-0.2, 0) is 20.1 Å². The van der Waals surface area contributed by atoms with Crippen molar-refractivity contribution in [3.8, 4) is 17.0 Å². The number of methoxy groups -OCH3 is 1. The Hall–Kier alpha value is -2.49. The van der Waals surface area contributed by atoms with Crippen LogP contribution in [0.4, 0.5) is 0 Å². The van der Waals surface area contributed by atoms with Crippen LogP contribution in [0.25, 0.3) is 22.0 Å². The number of pyridine rings is 1. The Labute approximate surface area is 166 Å². The van der Waals surface area contributed by atoms with E-state index >= 15 is 0 Å². The zero-order chi connectivity index (χ0) is 18.2. The van der Waals surface area contributed by atoms with Gasteiger partial charge in [0.25, 0.3) is 0 Å². The fourth-order valence-corrected chi connectivity index (χ4v) is 2.32. The number of fused-ring (bicyclic) bond motifs is 1. The maximum absolute atomic E-state index is 8.40. The number of aromatic nitrogens is 1. The number of hydrogen-bond acceptors (Lipinski definition) is 3. The number of ether oxygens (including phenoxy) is 1. The summed E-state index contributed by atoms with van der Waals surface area (Å²) in [5.41, 5.74) is 1.93. The molecular formula is C21H21IrNO3. The first-order valence-electron chi connectivity index (χ1n) is 7.81. The summed E-state index contributed by atoms with van der Waals surface area (Å²) in [7, 11) is 1.65. The van der Waals surface area contributed by atoms with Crippen LogP contribution in [0.2, 0.25) is 0 Å². The molecule has 0 aliphatic heterocycles. The predicted molar refractivity (Wildman–Crippen MR) is 102 cm³/mol. The van der Waals surface area contributed by atoms with E-state index in [1.165, 1.54) is 25.3 Å². The van der Waals surface area contributed by atoms with E-state index in [0.29, 0.717) is 0 Å². The minimum Gasteiger partial charge on any atom is -0.540 e. The molecule has 0 aliphatic carbocycles. The van der Waals surface area contributed by atoms with Gasteiger partial charge in [-0.3, -0.25) is 4.79 Å². The van der Waals surface area contributed by atoms with Gasteiger partial charge in [0, 0.05) is 32.1 Å². The van der Waals surface area contributed by atoms with Gasteiger partial charge in [0.05, 0.1) is 25.9 Å². The summed E-state index contributed by atoms with van der Waals surface area (Å²) < 4.78 is 5.14. The fourth-order valence-electron chi connectivity index (χ4n) is 2.32. The molecular weight excluding hydrogens is 506 g/mol. The molecule has 2 aromatic carbocycles. The van der Waals surface area contributed by atoms with E-state index in [2.05, 4.69) is 23.2 Å². The molecule has 5 heteroatoms. The summed E-state index contributed by atoms with van der Waals surface area (Å²) in [6, 6.07) is 19.2. The van der Waals surface area contributed by atoms with Gasteiger partial charge in [-0.25, -0.2) is 0 Å². The summed E-state index contributed by atoms with van der Waals surface area (Å²) in [6.45, 7) is 3.00. The molecule has 0 saturated carbocycles. The zero-order valence-electron chi connectivity index (χ0n) is 14.9.